The van der Waals surface area contributed by atoms with Crippen LogP contribution in [0.2, 0.25) is 0 Å². The first-order valence-electron chi connectivity index (χ1n) is 8.68. The fraction of sp³-hybridized carbons (Fsp3) is 1.00. The maximum Gasteiger partial charge on any atom is 0.186 e. The number of ether oxygens (including phenoxy) is 2. The van der Waals surface area contributed by atoms with Crippen molar-refractivity contribution < 1.29 is 29.9 Å². The molecule has 2 aliphatic rings. The van der Waals surface area contributed by atoms with Gasteiger partial charge in [0, 0.05) is 7.11 Å². The second-order valence-corrected chi connectivity index (χ2v) is 6.79. The molecule has 0 aromatic carbocycles. The van der Waals surface area contributed by atoms with E-state index in [2.05, 4.69) is 20.8 Å². The minimum absolute atomic E-state index is 0.440. The van der Waals surface area contributed by atoms with E-state index in [1.54, 1.807) is 0 Å². The first-order chi connectivity index (χ1) is 10.8. The van der Waals surface area contributed by atoms with Gasteiger partial charge in [0.05, 0.1) is 6.61 Å². The first-order valence-corrected chi connectivity index (χ1v) is 8.68. The Balaban J connectivity index is 0.000000398. The van der Waals surface area contributed by atoms with Gasteiger partial charge in [0.15, 0.2) is 6.29 Å². The minimum atomic E-state index is -1.36. The van der Waals surface area contributed by atoms with Crippen LogP contribution in [0.4, 0.5) is 0 Å². The fourth-order valence-electron chi connectivity index (χ4n) is 2.32. The number of hydrogen-bond acceptors (Lipinski definition) is 6. The van der Waals surface area contributed by atoms with E-state index in [1.807, 2.05) is 0 Å². The first kappa shape index (κ1) is 22.8. The van der Waals surface area contributed by atoms with Gasteiger partial charge in [0.1, 0.15) is 24.4 Å². The fourth-order valence-corrected chi connectivity index (χ4v) is 2.32. The molecular weight excluding hydrogens is 300 g/mol. The molecule has 4 N–H and O–H groups in total. The van der Waals surface area contributed by atoms with Crippen molar-refractivity contribution in [3.05, 3.63) is 0 Å². The van der Waals surface area contributed by atoms with Gasteiger partial charge >= 0.3 is 0 Å². The molecule has 6 heteroatoms. The zero-order valence-electron chi connectivity index (χ0n) is 15.0. The van der Waals surface area contributed by atoms with Crippen LogP contribution in [-0.2, 0) is 9.47 Å². The molecule has 0 bridgehead atoms. The van der Waals surface area contributed by atoms with Crippen LogP contribution in [0.15, 0.2) is 0 Å². The lowest BCUT2D eigenvalue weighted by Gasteiger charge is -2.38. The van der Waals surface area contributed by atoms with Crippen LogP contribution in [0.1, 0.15) is 59.3 Å². The van der Waals surface area contributed by atoms with Crippen molar-refractivity contribution >= 4 is 0 Å². The highest BCUT2D eigenvalue weighted by Crippen LogP contribution is 2.21. The standard InChI is InChI=1S/C7H14O6.C6H12.C4H10/c1-12-7-6(11)5(10)4(9)3(2-8)13-7;1-2-4-6-5-3-1;1-4(2)3/h3-11H,2H2,1H3;1-6H2;4H,1-3H3/t3?,4-,5+,6?,7+;;/m1../s1. The molecule has 140 valence electrons. The van der Waals surface area contributed by atoms with E-state index in [-0.39, 0.29) is 0 Å². The zero-order valence-corrected chi connectivity index (χ0v) is 15.0. The molecule has 0 spiro atoms. The van der Waals surface area contributed by atoms with Gasteiger partial charge < -0.3 is 29.9 Å². The van der Waals surface area contributed by atoms with Crippen molar-refractivity contribution in [1.29, 1.82) is 0 Å². The molecule has 0 aromatic heterocycles. The maximum absolute atomic E-state index is 9.28. The Labute approximate surface area is 140 Å². The molecule has 0 aromatic rings. The Kier molecular flexibility index (Phi) is 13.0. The number of rotatable bonds is 2. The quantitative estimate of drug-likeness (QED) is 0.609. The summed E-state index contributed by atoms with van der Waals surface area (Å²) in [6, 6.07) is 0. The summed E-state index contributed by atoms with van der Waals surface area (Å²) in [5.41, 5.74) is 0. The van der Waals surface area contributed by atoms with Crippen molar-refractivity contribution in [3.63, 3.8) is 0 Å². The molecule has 2 rings (SSSR count). The monoisotopic (exact) mass is 336 g/mol. The smallest absolute Gasteiger partial charge is 0.186 e. The van der Waals surface area contributed by atoms with Gasteiger partial charge in [-0.2, -0.15) is 0 Å². The summed E-state index contributed by atoms with van der Waals surface area (Å²) in [5, 5.41) is 36.6. The lowest BCUT2D eigenvalue weighted by Crippen LogP contribution is -2.58. The highest BCUT2D eigenvalue weighted by Gasteiger charge is 2.43. The number of hydrogen-bond donors (Lipinski definition) is 4. The van der Waals surface area contributed by atoms with Crippen LogP contribution in [0.3, 0.4) is 0 Å². The van der Waals surface area contributed by atoms with Crippen LogP contribution in [0, 0.1) is 5.92 Å². The van der Waals surface area contributed by atoms with Crippen molar-refractivity contribution in [2.45, 2.75) is 90.0 Å². The van der Waals surface area contributed by atoms with Gasteiger partial charge in [0.25, 0.3) is 0 Å². The van der Waals surface area contributed by atoms with Gasteiger partial charge in [0.2, 0.25) is 0 Å². The molecule has 0 radical (unpaired) electrons. The molecule has 2 fully saturated rings. The van der Waals surface area contributed by atoms with E-state index in [0.717, 1.165) is 5.92 Å². The highest BCUT2D eigenvalue weighted by atomic mass is 16.7. The minimum Gasteiger partial charge on any atom is -0.394 e. The predicted molar refractivity (Wildman–Crippen MR) is 89.0 cm³/mol. The largest absolute Gasteiger partial charge is 0.394 e. The third kappa shape index (κ3) is 9.59. The van der Waals surface area contributed by atoms with Crippen molar-refractivity contribution in [2.75, 3.05) is 13.7 Å². The predicted octanol–water partition coefficient (Wildman–Crippen LogP) is 1.44. The van der Waals surface area contributed by atoms with Gasteiger partial charge in [-0.1, -0.05) is 59.3 Å². The average molecular weight is 336 g/mol. The van der Waals surface area contributed by atoms with Crippen LogP contribution in [0.5, 0.6) is 0 Å². The molecule has 23 heavy (non-hydrogen) atoms. The maximum atomic E-state index is 9.28. The molecule has 1 aliphatic heterocycles. The molecule has 1 saturated carbocycles. The van der Waals surface area contributed by atoms with Crippen LogP contribution in [-0.4, -0.2) is 64.8 Å². The van der Waals surface area contributed by atoms with E-state index >= 15 is 0 Å². The van der Waals surface area contributed by atoms with Crippen LogP contribution in [0.25, 0.3) is 0 Å². The normalized spacial score (nSPS) is 34.0. The highest BCUT2D eigenvalue weighted by molar-refractivity contribution is 4.88. The lowest BCUT2D eigenvalue weighted by molar-refractivity contribution is -0.294. The summed E-state index contributed by atoms with van der Waals surface area (Å²) in [4.78, 5) is 0. The second kappa shape index (κ2) is 13.1. The topological polar surface area (TPSA) is 99.4 Å². The van der Waals surface area contributed by atoms with E-state index in [9.17, 15) is 15.3 Å². The molecule has 1 heterocycles. The summed E-state index contributed by atoms with van der Waals surface area (Å²) in [7, 11) is 1.30. The number of aliphatic hydroxyl groups is 4. The lowest BCUT2D eigenvalue weighted by atomic mass is 9.99. The van der Waals surface area contributed by atoms with E-state index in [1.165, 1.54) is 45.6 Å². The van der Waals surface area contributed by atoms with Crippen molar-refractivity contribution in [3.8, 4) is 0 Å². The SMILES string of the molecule is C1CCCCC1.CC(C)C.CO[C@H]1OC(CO)[C@@H](O)[C@H](O)C1O. The molecule has 1 aliphatic carbocycles. The van der Waals surface area contributed by atoms with E-state index < -0.39 is 37.3 Å². The Morgan fingerprint density at radius 1 is 0.870 bits per heavy atom. The molecular formula is C17H36O6. The third-order valence-electron chi connectivity index (χ3n) is 3.58. The van der Waals surface area contributed by atoms with Gasteiger partial charge in [-0.15, -0.1) is 0 Å². The molecule has 1 saturated heterocycles. The summed E-state index contributed by atoms with van der Waals surface area (Å²) in [6.07, 6.45) is 3.09. The summed E-state index contributed by atoms with van der Waals surface area (Å²) < 4.78 is 9.65. The van der Waals surface area contributed by atoms with Gasteiger partial charge in [-0.05, 0) is 5.92 Å². The third-order valence-corrected chi connectivity index (χ3v) is 3.58. The molecule has 5 atom stereocenters. The number of methoxy groups -OCH3 is 1. The molecule has 0 amide bonds. The summed E-state index contributed by atoms with van der Waals surface area (Å²) in [5.74, 6) is 0.833. The van der Waals surface area contributed by atoms with Crippen molar-refractivity contribution in [2.24, 2.45) is 5.92 Å². The summed E-state index contributed by atoms with van der Waals surface area (Å²) >= 11 is 0. The summed E-state index contributed by atoms with van der Waals surface area (Å²) in [6.45, 7) is 6.06. The van der Waals surface area contributed by atoms with Gasteiger partial charge in [-0.25, -0.2) is 0 Å². The zero-order chi connectivity index (χ0) is 17.8. The van der Waals surface area contributed by atoms with E-state index in [4.69, 9.17) is 14.6 Å². The second-order valence-electron chi connectivity index (χ2n) is 6.79. The Hall–Kier alpha value is -0.240. The van der Waals surface area contributed by atoms with Crippen molar-refractivity contribution in [1.82, 2.24) is 0 Å². The van der Waals surface area contributed by atoms with E-state index in [0.29, 0.717) is 0 Å². The van der Waals surface area contributed by atoms with Crippen LogP contribution < -0.4 is 0 Å². The van der Waals surface area contributed by atoms with Gasteiger partial charge in [-0.3, -0.25) is 0 Å². The Bertz CT molecular complexity index is 236. The number of aliphatic hydroxyl groups excluding tert-OH is 4. The average Bonchev–Trinajstić information content (AvgIpc) is 2.55. The Morgan fingerprint density at radius 2 is 1.26 bits per heavy atom. The molecule has 2 unspecified atom stereocenters. The van der Waals surface area contributed by atoms with Crippen LogP contribution >= 0.6 is 0 Å². The molecule has 6 nitrogen and oxygen atoms in total. The Morgan fingerprint density at radius 3 is 1.57 bits per heavy atom.